The van der Waals surface area contributed by atoms with E-state index < -0.39 is 11.7 Å². The second-order valence-corrected chi connectivity index (χ2v) is 8.04. The molecule has 0 bridgehead atoms. The van der Waals surface area contributed by atoms with Crippen LogP contribution in [0.4, 0.5) is 10.1 Å². The van der Waals surface area contributed by atoms with Crippen LogP contribution in [0, 0.1) is 12.7 Å². The van der Waals surface area contributed by atoms with Crippen LogP contribution >= 0.6 is 15.9 Å². The molecule has 0 spiro atoms. The molecule has 160 valence electrons. The van der Waals surface area contributed by atoms with Crippen molar-refractivity contribution < 1.29 is 14.4 Å². The summed E-state index contributed by atoms with van der Waals surface area (Å²) in [5.41, 5.74) is 8.95. The zero-order valence-electron chi connectivity index (χ0n) is 16.9. The summed E-state index contributed by atoms with van der Waals surface area (Å²) in [5.74, 6) is -1.40. The van der Waals surface area contributed by atoms with E-state index in [4.69, 9.17) is 15.9 Å². The minimum absolute atomic E-state index is 0.0230. The number of anilines is 1. The number of pyridine rings is 1. The third-order valence-electron chi connectivity index (χ3n) is 5.09. The van der Waals surface area contributed by atoms with Gasteiger partial charge in [-0.2, -0.15) is 0 Å². The van der Waals surface area contributed by atoms with Crippen LogP contribution in [-0.4, -0.2) is 21.9 Å². The van der Waals surface area contributed by atoms with Crippen LogP contribution in [0.1, 0.15) is 21.5 Å². The second-order valence-electron chi connectivity index (χ2n) is 7.12. The quantitative estimate of drug-likeness (QED) is 0.152. The first-order valence-corrected chi connectivity index (χ1v) is 10.4. The maximum Gasteiger partial charge on any atom is 0.256 e. The number of nitrogens with one attached hydrogen (secondary N) is 1. The van der Waals surface area contributed by atoms with Gasteiger partial charge in [0.05, 0.1) is 22.5 Å². The molecule has 8 heteroatoms. The number of fused-ring (bicyclic) bond motifs is 1. The molecule has 0 aliphatic heterocycles. The highest BCUT2D eigenvalue weighted by Gasteiger charge is 2.20. The van der Waals surface area contributed by atoms with Crippen LogP contribution in [0.2, 0.25) is 0 Å². The largest absolute Gasteiger partial charge is 0.409 e. The monoisotopic (exact) mass is 492 g/mol. The zero-order valence-corrected chi connectivity index (χ0v) is 18.5. The highest BCUT2D eigenvalue weighted by Crippen LogP contribution is 2.32. The molecular weight excluding hydrogens is 475 g/mol. The predicted molar refractivity (Wildman–Crippen MR) is 126 cm³/mol. The number of rotatable bonds is 4. The molecule has 4 aromatic rings. The van der Waals surface area contributed by atoms with E-state index in [1.807, 2.05) is 55.5 Å². The lowest BCUT2D eigenvalue weighted by Crippen LogP contribution is -2.17. The van der Waals surface area contributed by atoms with Crippen LogP contribution in [0.3, 0.4) is 0 Å². The number of aromatic nitrogens is 1. The van der Waals surface area contributed by atoms with Crippen molar-refractivity contribution in [3.63, 3.8) is 0 Å². The number of halogens is 2. The highest BCUT2D eigenvalue weighted by atomic mass is 79.9. The van der Waals surface area contributed by atoms with Gasteiger partial charge in [-0.15, -0.1) is 0 Å². The lowest BCUT2D eigenvalue weighted by molar-refractivity contribution is 0.102. The van der Waals surface area contributed by atoms with Gasteiger partial charge in [-0.25, -0.2) is 9.37 Å². The van der Waals surface area contributed by atoms with Crippen molar-refractivity contribution in [3.8, 4) is 11.3 Å². The number of amides is 1. The van der Waals surface area contributed by atoms with E-state index in [1.54, 1.807) is 0 Å². The van der Waals surface area contributed by atoms with Crippen LogP contribution in [-0.2, 0) is 0 Å². The van der Waals surface area contributed by atoms with Gasteiger partial charge in [0.1, 0.15) is 5.82 Å². The first-order valence-electron chi connectivity index (χ1n) is 9.63. The molecule has 0 saturated carbocycles. The fourth-order valence-electron chi connectivity index (χ4n) is 3.52. The number of carbonyl (C=O) groups is 1. The molecule has 1 heterocycles. The van der Waals surface area contributed by atoms with Crippen molar-refractivity contribution in [2.45, 2.75) is 6.92 Å². The average Bonchev–Trinajstić information content (AvgIpc) is 2.80. The summed E-state index contributed by atoms with van der Waals surface area (Å²) in [5, 5.41) is 14.9. The van der Waals surface area contributed by atoms with E-state index in [-0.39, 0.29) is 17.1 Å². The van der Waals surface area contributed by atoms with E-state index in [1.165, 1.54) is 12.1 Å². The summed E-state index contributed by atoms with van der Waals surface area (Å²) in [6.45, 7) is 1.82. The van der Waals surface area contributed by atoms with Gasteiger partial charge < -0.3 is 16.3 Å². The van der Waals surface area contributed by atoms with Crippen molar-refractivity contribution in [1.29, 1.82) is 0 Å². The molecular formula is C24H18BrFN4O2. The van der Waals surface area contributed by atoms with E-state index in [2.05, 4.69) is 26.4 Å². The van der Waals surface area contributed by atoms with Crippen molar-refractivity contribution >= 4 is 44.3 Å². The molecule has 1 amide bonds. The lowest BCUT2D eigenvalue weighted by atomic mass is 9.97. The molecule has 0 aliphatic rings. The first-order chi connectivity index (χ1) is 15.4. The van der Waals surface area contributed by atoms with E-state index in [9.17, 15) is 9.18 Å². The Morgan fingerprint density at radius 3 is 2.56 bits per heavy atom. The molecule has 0 radical (unpaired) electrons. The fraction of sp³-hybridized carbons (Fsp3) is 0.0417. The summed E-state index contributed by atoms with van der Waals surface area (Å²) in [6, 6.07) is 19.0. The lowest BCUT2D eigenvalue weighted by Gasteiger charge is -2.15. The smallest absolute Gasteiger partial charge is 0.256 e. The molecule has 0 atom stereocenters. The van der Waals surface area contributed by atoms with E-state index in [0.717, 1.165) is 16.1 Å². The van der Waals surface area contributed by atoms with Gasteiger partial charge in [-0.05, 0) is 48.9 Å². The van der Waals surface area contributed by atoms with Crippen molar-refractivity contribution in [1.82, 2.24) is 4.98 Å². The summed E-state index contributed by atoms with van der Waals surface area (Å²) < 4.78 is 15.4. The van der Waals surface area contributed by atoms with Gasteiger partial charge in [0, 0.05) is 21.0 Å². The molecule has 0 saturated heterocycles. The van der Waals surface area contributed by atoms with Crippen LogP contribution in [0.15, 0.2) is 76.4 Å². The van der Waals surface area contributed by atoms with Crippen molar-refractivity contribution in [2.24, 2.45) is 10.9 Å². The number of hydrogen-bond donors (Lipinski definition) is 3. The minimum atomic E-state index is -0.706. The number of nitrogens with two attached hydrogens (primary N) is 1. The predicted octanol–water partition coefficient (Wildman–Crippen LogP) is 5.46. The number of amidine groups is 1. The Morgan fingerprint density at radius 2 is 1.88 bits per heavy atom. The van der Waals surface area contributed by atoms with Gasteiger partial charge in [-0.1, -0.05) is 51.4 Å². The van der Waals surface area contributed by atoms with Gasteiger partial charge in [-0.3, -0.25) is 4.79 Å². The zero-order chi connectivity index (χ0) is 22.8. The summed E-state index contributed by atoms with van der Waals surface area (Å²) in [6.07, 6.45) is 0. The average molecular weight is 493 g/mol. The Morgan fingerprint density at radius 1 is 1.12 bits per heavy atom. The number of hydrogen-bond acceptors (Lipinski definition) is 4. The maximum atomic E-state index is 14.6. The van der Waals surface area contributed by atoms with Crippen LogP contribution in [0.5, 0.6) is 0 Å². The number of carbonyl (C=O) groups excluding carboxylic acids is 1. The normalized spacial score (nSPS) is 11.5. The number of oxime groups is 1. The first kappa shape index (κ1) is 21.5. The molecule has 4 N–H and O–H groups in total. The Kier molecular flexibility index (Phi) is 5.87. The third-order valence-corrected chi connectivity index (χ3v) is 5.58. The van der Waals surface area contributed by atoms with Gasteiger partial charge >= 0.3 is 0 Å². The minimum Gasteiger partial charge on any atom is -0.409 e. The SMILES string of the molecule is Cc1c(-c2ccccc2)nc2ccc(Br)cc2c1C(=O)Nc1ccc(/C(N)=N/O)cc1F. The molecule has 0 fully saturated rings. The summed E-state index contributed by atoms with van der Waals surface area (Å²) in [4.78, 5) is 18.1. The Balaban J connectivity index is 1.83. The van der Waals surface area contributed by atoms with Crippen molar-refractivity contribution in [2.75, 3.05) is 5.32 Å². The third kappa shape index (κ3) is 4.04. The van der Waals surface area contributed by atoms with Gasteiger partial charge in [0.25, 0.3) is 5.91 Å². The Labute approximate surface area is 191 Å². The standard InChI is InChI=1S/C24H18BrFN4O2/c1-13-21(24(31)29-20-9-7-15(11-18(20)26)23(27)30-32)17-12-16(25)8-10-19(17)28-22(13)14-5-3-2-4-6-14/h2-12,32H,1H3,(H2,27,30)(H,29,31). The van der Waals surface area contributed by atoms with E-state index >= 15 is 0 Å². The molecule has 6 nitrogen and oxygen atoms in total. The topological polar surface area (TPSA) is 101 Å². The van der Waals surface area contributed by atoms with Crippen LogP contribution in [0.25, 0.3) is 22.2 Å². The van der Waals surface area contributed by atoms with E-state index in [0.29, 0.717) is 27.7 Å². The fourth-order valence-corrected chi connectivity index (χ4v) is 3.88. The molecule has 32 heavy (non-hydrogen) atoms. The number of benzene rings is 3. The van der Waals surface area contributed by atoms with Gasteiger partial charge in [0.2, 0.25) is 0 Å². The molecule has 0 unspecified atom stereocenters. The molecule has 1 aromatic heterocycles. The summed E-state index contributed by atoms with van der Waals surface area (Å²) in [7, 11) is 0. The number of nitrogens with zero attached hydrogens (tertiary/aromatic N) is 2. The highest BCUT2D eigenvalue weighted by molar-refractivity contribution is 9.10. The Hall–Kier alpha value is -3.78. The van der Waals surface area contributed by atoms with Crippen molar-refractivity contribution in [3.05, 3.63) is 93.7 Å². The second kappa shape index (κ2) is 8.76. The van der Waals surface area contributed by atoms with Crippen LogP contribution < -0.4 is 11.1 Å². The van der Waals surface area contributed by atoms with Gasteiger partial charge in [0.15, 0.2) is 5.84 Å². The maximum absolute atomic E-state index is 14.6. The molecule has 4 rings (SSSR count). The summed E-state index contributed by atoms with van der Waals surface area (Å²) >= 11 is 3.45. The Bertz CT molecular complexity index is 1370. The molecule has 3 aromatic carbocycles. The molecule has 0 aliphatic carbocycles.